The predicted octanol–water partition coefficient (Wildman–Crippen LogP) is 2.29. The van der Waals surface area contributed by atoms with Crippen LogP contribution in [0.25, 0.3) is 21.8 Å². The molecule has 3 aromatic rings. The summed E-state index contributed by atoms with van der Waals surface area (Å²) in [5.41, 5.74) is 1.50. The molecule has 0 aliphatic carbocycles. The van der Waals surface area contributed by atoms with Crippen LogP contribution in [0.15, 0.2) is 53.4 Å². The van der Waals surface area contributed by atoms with Gasteiger partial charge in [0.15, 0.2) is 0 Å². The second kappa shape index (κ2) is 3.76. The number of rotatable bonds is 1. The molecular formula is C13H8NO3S-. The highest BCUT2D eigenvalue weighted by molar-refractivity contribution is 7.85. The normalized spacial score (nSPS) is 12.1. The number of pyridine rings is 1. The van der Waals surface area contributed by atoms with Gasteiger partial charge in [-0.25, -0.2) is 13.4 Å². The standard InChI is InChI=1S/C13H9NO3S/c15-18(16,17)11-5-6-13-10(8-11)7-9-3-1-2-4-12(9)14-13/h1-8H,(H,15,16,17)/p-1. The molecule has 0 unspecified atom stereocenters. The van der Waals surface area contributed by atoms with Crippen molar-refractivity contribution in [2.24, 2.45) is 0 Å². The van der Waals surface area contributed by atoms with E-state index in [2.05, 4.69) is 4.98 Å². The number of nitrogens with zero attached hydrogens (tertiary/aromatic N) is 1. The molecule has 0 saturated carbocycles. The monoisotopic (exact) mass is 258 g/mol. The molecule has 0 spiro atoms. The van der Waals surface area contributed by atoms with Gasteiger partial charge in [0.2, 0.25) is 0 Å². The van der Waals surface area contributed by atoms with Crippen molar-refractivity contribution in [3.05, 3.63) is 48.5 Å². The van der Waals surface area contributed by atoms with Gasteiger partial charge in [-0.05, 0) is 30.3 Å². The Morgan fingerprint density at radius 3 is 2.39 bits per heavy atom. The van der Waals surface area contributed by atoms with Gasteiger partial charge >= 0.3 is 0 Å². The molecule has 90 valence electrons. The third-order valence-corrected chi connectivity index (χ3v) is 3.61. The van der Waals surface area contributed by atoms with Crippen LogP contribution in [0.1, 0.15) is 0 Å². The molecule has 2 aromatic carbocycles. The smallest absolute Gasteiger partial charge is 0.124 e. The highest BCUT2D eigenvalue weighted by atomic mass is 32.2. The second-order valence-electron chi connectivity index (χ2n) is 3.99. The van der Waals surface area contributed by atoms with Crippen LogP contribution >= 0.6 is 0 Å². The van der Waals surface area contributed by atoms with Gasteiger partial charge in [-0.1, -0.05) is 18.2 Å². The van der Waals surface area contributed by atoms with Gasteiger partial charge in [-0.2, -0.15) is 0 Å². The summed E-state index contributed by atoms with van der Waals surface area (Å²) in [5.74, 6) is 0. The highest BCUT2D eigenvalue weighted by Crippen LogP contribution is 2.22. The Morgan fingerprint density at radius 2 is 1.61 bits per heavy atom. The van der Waals surface area contributed by atoms with Crippen LogP contribution in [0.3, 0.4) is 0 Å². The Morgan fingerprint density at radius 1 is 0.889 bits per heavy atom. The Kier molecular flexibility index (Phi) is 2.33. The number of aromatic nitrogens is 1. The summed E-state index contributed by atoms with van der Waals surface area (Å²) in [6.07, 6.45) is 0. The average molecular weight is 258 g/mol. The third kappa shape index (κ3) is 1.83. The molecule has 0 aliphatic rings. The van der Waals surface area contributed by atoms with Crippen LogP contribution < -0.4 is 0 Å². The first-order chi connectivity index (χ1) is 8.54. The number of hydrogen-bond donors (Lipinski definition) is 0. The average Bonchev–Trinajstić information content (AvgIpc) is 2.34. The van der Waals surface area contributed by atoms with Crippen molar-refractivity contribution in [2.75, 3.05) is 0 Å². The van der Waals surface area contributed by atoms with Crippen molar-refractivity contribution in [1.29, 1.82) is 0 Å². The Labute approximate surface area is 104 Å². The minimum Gasteiger partial charge on any atom is -0.744 e. The van der Waals surface area contributed by atoms with Crippen LogP contribution in [0, 0.1) is 0 Å². The lowest BCUT2D eigenvalue weighted by molar-refractivity contribution is 0.463. The fraction of sp³-hybridized carbons (Fsp3) is 0. The van der Waals surface area contributed by atoms with Crippen molar-refractivity contribution in [1.82, 2.24) is 4.98 Å². The Hall–Kier alpha value is -1.98. The molecule has 18 heavy (non-hydrogen) atoms. The summed E-state index contributed by atoms with van der Waals surface area (Å²) in [7, 11) is -4.43. The quantitative estimate of drug-likeness (QED) is 0.496. The fourth-order valence-electron chi connectivity index (χ4n) is 1.91. The van der Waals surface area contributed by atoms with Crippen molar-refractivity contribution in [3.8, 4) is 0 Å². The van der Waals surface area contributed by atoms with Crippen LogP contribution in [-0.4, -0.2) is 18.0 Å². The van der Waals surface area contributed by atoms with E-state index in [9.17, 15) is 13.0 Å². The van der Waals surface area contributed by atoms with Gasteiger partial charge in [0.05, 0.1) is 15.9 Å². The largest absolute Gasteiger partial charge is 0.744 e. The lowest BCUT2D eigenvalue weighted by Gasteiger charge is -2.08. The van der Waals surface area contributed by atoms with Crippen LogP contribution in [0.4, 0.5) is 0 Å². The molecule has 0 N–H and O–H groups in total. The van der Waals surface area contributed by atoms with Crippen molar-refractivity contribution in [3.63, 3.8) is 0 Å². The van der Waals surface area contributed by atoms with Crippen molar-refractivity contribution < 1.29 is 13.0 Å². The maximum atomic E-state index is 11.0. The van der Waals surface area contributed by atoms with Crippen molar-refractivity contribution in [2.45, 2.75) is 4.90 Å². The van der Waals surface area contributed by atoms with E-state index >= 15 is 0 Å². The van der Waals surface area contributed by atoms with E-state index < -0.39 is 10.1 Å². The van der Waals surface area contributed by atoms with E-state index in [1.54, 1.807) is 6.07 Å². The summed E-state index contributed by atoms with van der Waals surface area (Å²) < 4.78 is 32.9. The van der Waals surface area contributed by atoms with E-state index in [4.69, 9.17) is 0 Å². The molecule has 0 atom stereocenters. The first-order valence-electron chi connectivity index (χ1n) is 5.29. The van der Waals surface area contributed by atoms with Gasteiger partial charge in [-0.3, -0.25) is 0 Å². The Bertz CT molecular complexity index is 856. The summed E-state index contributed by atoms with van der Waals surface area (Å²) in [6.45, 7) is 0. The summed E-state index contributed by atoms with van der Waals surface area (Å²) in [5, 5.41) is 1.55. The zero-order chi connectivity index (χ0) is 12.8. The third-order valence-electron chi connectivity index (χ3n) is 2.78. The minimum absolute atomic E-state index is 0.230. The molecule has 0 bridgehead atoms. The molecule has 3 rings (SSSR count). The van der Waals surface area contributed by atoms with Crippen molar-refractivity contribution >= 4 is 31.9 Å². The van der Waals surface area contributed by atoms with E-state index in [1.807, 2.05) is 30.3 Å². The van der Waals surface area contributed by atoms with E-state index in [-0.39, 0.29) is 4.90 Å². The molecule has 4 nitrogen and oxygen atoms in total. The summed E-state index contributed by atoms with van der Waals surface area (Å²) >= 11 is 0. The Balaban J connectivity index is 2.37. The number of fused-ring (bicyclic) bond motifs is 2. The molecule has 1 aromatic heterocycles. The highest BCUT2D eigenvalue weighted by Gasteiger charge is 2.04. The second-order valence-corrected chi connectivity index (χ2v) is 5.37. The molecule has 0 saturated heterocycles. The maximum absolute atomic E-state index is 11.0. The lowest BCUT2D eigenvalue weighted by Crippen LogP contribution is -1.98. The predicted molar refractivity (Wildman–Crippen MR) is 67.2 cm³/mol. The topological polar surface area (TPSA) is 70.1 Å². The fourth-order valence-corrected chi connectivity index (χ4v) is 2.42. The molecule has 0 fully saturated rings. The van der Waals surface area contributed by atoms with Gasteiger partial charge in [0, 0.05) is 10.8 Å². The lowest BCUT2D eigenvalue weighted by atomic mass is 10.1. The molecule has 0 aliphatic heterocycles. The van der Waals surface area contributed by atoms with Gasteiger partial charge < -0.3 is 4.55 Å². The number of hydrogen-bond acceptors (Lipinski definition) is 4. The maximum Gasteiger partial charge on any atom is 0.124 e. The molecule has 1 heterocycles. The van der Waals surface area contributed by atoms with Gasteiger partial charge in [-0.15, -0.1) is 0 Å². The summed E-state index contributed by atoms with van der Waals surface area (Å²) in [4.78, 5) is 4.17. The zero-order valence-corrected chi connectivity index (χ0v) is 10.0. The van der Waals surface area contributed by atoms with Crippen LogP contribution in [-0.2, 0) is 10.1 Å². The van der Waals surface area contributed by atoms with Crippen LogP contribution in [0.2, 0.25) is 0 Å². The van der Waals surface area contributed by atoms with E-state index in [1.165, 1.54) is 12.1 Å². The molecular weight excluding hydrogens is 250 g/mol. The van der Waals surface area contributed by atoms with E-state index in [0.717, 1.165) is 10.9 Å². The summed E-state index contributed by atoms with van der Waals surface area (Å²) in [6, 6.07) is 13.6. The van der Waals surface area contributed by atoms with Gasteiger partial charge in [0.1, 0.15) is 10.1 Å². The number of benzene rings is 2. The van der Waals surface area contributed by atoms with E-state index in [0.29, 0.717) is 10.9 Å². The number of para-hydroxylation sites is 1. The minimum atomic E-state index is -4.43. The molecule has 0 amide bonds. The SMILES string of the molecule is O=S(=O)([O-])c1ccc2nc3ccccc3cc2c1. The van der Waals surface area contributed by atoms with Crippen LogP contribution in [0.5, 0.6) is 0 Å². The zero-order valence-electron chi connectivity index (χ0n) is 9.20. The first kappa shape index (κ1) is 11.1. The molecule has 0 radical (unpaired) electrons. The first-order valence-corrected chi connectivity index (χ1v) is 6.70. The van der Waals surface area contributed by atoms with Gasteiger partial charge in [0.25, 0.3) is 0 Å². The molecule has 5 heteroatoms.